The van der Waals surface area contributed by atoms with E-state index in [1.807, 2.05) is 6.92 Å². The van der Waals surface area contributed by atoms with Crippen molar-refractivity contribution < 1.29 is 9.53 Å². The van der Waals surface area contributed by atoms with Crippen molar-refractivity contribution in [2.45, 2.75) is 117 Å². The van der Waals surface area contributed by atoms with Crippen LogP contribution in [0, 0.1) is 0 Å². The number of hydrogen-bond donors (Lipinski definition) is 0. The Balaban J connectivity index is 3.16. The maximum absolute atomic E-state index is 11.5. The number of rotatable bonds is 19. The van der Waals surface area contributed by atoms with Crippen LogP contribution >= 0.6 is 0 Å². The Kier molecular flexibility index (Phi) is 19.4. The number of carbonyl (C=O) groups excluding carboxylic acids is 1. The number of carbonyl (C=O) groups is 1. The highest BCUT2D eigenvalue weighted by Gasteiger charge is 2.04. The molecular formula is C24H44O2. The lowest BCUT2D eigenvalue weighted by Gasteiger charge is -2.05. The molecule has 0 aromatic heterocycles. The first-order chi connectivity index (χ1) is 12.7. The van der Waals surface area contributed by atoms with Crippen LogP contribution in [0.3, 0.4) is 0 Å². The van der Waals surface area contributed by atoms with Gasteiger partial charge in [0.05, 0.1) is 12.2 Å². The van der Waals surface area contributed by atoms with Crippen LogP contribution in [0.2, 0.25) is 0 Å². The molecule has 0 spiro atoms. The third kappa shape index (κ3) is 17.8. The first kappa shape index (κ1) is 24.9. The average Bonchev–Trinajstić information content (AvgIpc) is 2.64. The molecule has 0 aromatic rings. The third-order valence-electron chi connectivity index (χ3n) is 4.86. The van der Waals surface area contributed by atoms with Crippen molar-refractivity contribution in [3.8, 4) is 0 Å². The molecule has 0 aliphatic heterocycles. The Hall–Kier alpha value is -1.05. The van der Waals surface area contributed by atoms with E-state index in [4.69, 9.17) is 4.74 Å². The summed E-state index contributed by atoms with van der Waals surface area (Å²) < 4.78 is 5.19. The molecule has 0 aromatic carbocycles. The lowest BCUT2D eigenvalue weighted by atomic mass is 10.0. The van der Waals surface area contributed by atoms with Gasteiger partial charge in [0, 0.05) is 0 Å². The Labute approximate surface area is 163 Å². The summed E-state index contributed by atoms with van der Waals surface area (Å²) in [4.78, 5) is 11.5. The maximum Gasteiger partial charge on any atom is 0.337 e. The SMILES string of the molecule is C=C(C=CC)C(=O)OCCCCCCCCCCCCCCCCCC. The number of allylic oxidation sites excluding steroid dienone is 1. The van der Waals surface area contributed by atoms with Gasteiger partial charge in [0.25, 0.3) is 0 Å². The number of hydrogen-bond acceptors (Lipinski definition) is 2. The molecule has 0 saturated carbocycles. The summed E-state index contributed by atoms with van der Waals surface area (Å²) in [6, 6.07) is 0. The van der Waals surface area contributed by atoms with E-state index in [1.165, 1.54) is 89.9 Å². The van der Waals surface area contributed by atoms with Gasteiger partial charge in [-0.3, -0.25) is 0 Å². The molecule has 2 heteroatoms. The molecule has 0 unspecified atom stereocenters. The molecule has 0 N–H and O–H groups in total. The van der Waals surface area contributed by atoms with Gasteiger partial charge in [0.2, 0.25) is 0 Å². The minimum Gasteiger partial charge on any atom is -0.462 e. The van der Waals surface area contributed by atoms with E-state index >= 15 is 0 Å². The van der Waals surface area contributed by atoms with Gasteiger partial charge in [-0.15, -0.1) is 0 Å². The predicted molar refractivity (Wildman–Crippen MR) is 114 cm³/mol. The Morgan fingerprint density at radius 1 is 0.731 bits per heavy atom. The molecule has 0 radical (unpaired) electrons. The van der Waals surface area contributed by atoms with Crippen molar-refractivity contribution >= 4 is 5.97 Å². The Morgan fingerprint density at radius 3 is 1.50 bits per heavy atom. The molecule has 0 fully saturated rings. The standard InChI is InChI=1S/C24H44O2/c1-4-6-7-8-9-10-11-12-13-14-15-16-17-18-19-20-22-26-24(25)23(3)21-5-2/h5,21H,3-4,6-20,22H2,1-2H3. The van der Waals surface area contributed by atoms with Crippen LogP contribution in [0.5, 0.6) is 0 Å². The molecule has 2 nitrogen and oxygen atoms in total. The van der Waals surface area contributed by atoms with E-state index in [-0.39, 0.29) is 5.97 Å². The summed E-state index contributed by atoms with van der Waals surface area (Å²) in [7, 11) is 0. The monoisotopic (exact) mass is 364 g/mol. The topological polar surface area (TPSA) is 26.3 Å². The smallest absolute Gasteiger partial charge is 0.337 e. The zero-order valence-corrected chi connectivity index (χ0v) is 17.7. The van der Waals surface area contributed by atoms with E-state index in [1.54, 1.807) is 12.2 Å². The molecular weight excluding hydrogens is 320 g/mol. The molecule has 0 bridgehead atoms. The van der Waals surface area contributed by atoms with E-state index in [0.29, 0.717) is 12.2 Å². The number of unbranched alkanes of at least 4 members (excludes halogenated alkanes) is 15. The summed E-state index contributed by atoms with van der Waals surface area (Å²) in [5, 5.41) is 0. The van der Waals surface area contributed by atoms with Gasteiger partial charge in [-0.05, 0) is 13.3 Å². The van der Waals surface area contributed by atoms with E-state index < -0.39 is 0 Å². The summed E-state index contributed by atoms with van der Waals surface area (Å²) in [5.41, 5.74) is 0.434. The van der Waals surface area contributed by atoms with Gasteiger partial charge in [0.1, 0.15) is 0 Å². The molecule has 0 amide bonds. The maximum atomic E-state index is 11.5. The van der Waals surface area contributed by atoms with Crippen molar-refractivity contribution in [1.29, 1.82) is 0 Å². The van der Waals surface area contributed by atoms with Gasteiger partial charge < -0.3 is 4.74 Å². The predicted octanol–water partition coefficient (Wildman–Crippen LogP) is 7.92. The zero-order valence-electron chi connectivity index (χ0n) is 17.7. The second-order valence-electron chi connectivity index (χ2n) is 7.46. The first-order valence-corrected chi connectivity index (χ1v) is 11.2. The van der Waals surface area contributed by atoms with Crippen molar-refractivity contribution in [1.82, 2.24) is 0 Å². The molecule has 152 valence electrons. The van der Waals surface area contributed by atoms with Crippen molar-refractivity contribution in [2.75, 3.05) is 6.61 Å². The van der Waals surface area contributed by atoms with Crippen LogP contribution in [0.15, 0.2) is 24.3 Å². The molecule has 0 saturated heterocycles. The van der Waals surface area contributed by atoms with Crippen LogP contribution in [0.1, 0.15) is 117 Å². The van der Waals surface area contributed by atoms with Crippen LogP contribution in [0.4, 0.5) is 0 Å². The van der Waals surface area contributed by atoms with Gasteiger partial charge in [-0.2, -0.15) is 0 Å². The van der Waals surface area contributed by atoms with E-state index in [9.17, 15) is 4.79 Å². The number of ether oxygens (including phenoxy) is 1. The van der Waals surface area contributed by atoms with Gasteiger partial charge >= 0.3 is 5.97 Å². The lowest BCUT2D eigenvalue weighted by Crippen LogP contribution is -2.06. The van der Waals surface area contributed by atoms with Crippen molar-refractivity contribution in [2.24, 2.45) is 0 Å². The van der Waals surface area contributed by atoms with Gasteiger partial charge in [-0.25, -0.2) is 4.79 Å². The fourth-order valence-electron chi connectivity index (χ4n) is 3.18. The van der Waals surface area contributed by atoms with Gasteiger partial charge in [0.15, 0.2) is 0 Å². The van der Waals surface area contributed by atoms with Crippen LogP contribution in [0.25, 0.3) is 0 Å². The average molecular weight is 365 g/mol. The molecule has 0 aliphatic carbocycles. The van der Waals surface area contributed by atoms with E-state index in [2.05, 4.69) is 13.5 Å². The minimum atomic E-state index is -0.288. The summed E-state index contributed by atoms with van der Waals surface area (Å²) >= 11 is 0. The fourth-order valence-corrected chi connectivity index (χ4v) is 3.18. The summed E-state index contributed by atoms with van der Waals surface area (Å²) in [6.45, 7) is 8.35. The van der Waals surface area contributed by atoms with Crippen LogP contribution < -0.4 is 0 Å². The van der Waals surface area contributed by atoms with Crippen molar-refractivity contribution in [3.05, 3.63) is 24.3 Å². The number of esters is 1. The van der Waals surface area contributed by atoms with Crippen LogP contribution in [-0.4, -0.2) is 12.6 Å². The highest BCUT2D eigenvalue weighted by atomic mass is 16.5. The lowest BCUT2D eigenvalue weighted by molar-refractivity contribution is -0.138. The zero-order chi connectivity index (χ0) is 19.3. The molecule has 0 rings (SSSR count). The van der Waals surface area contributed by atoms with Crippen LogP contribution in [-0.2, 0) is 9.53 Å². The van der Waals surface area contributed by atoms with E-state index in [0.717, 1.165) is 12.8 Å². The van der Waals surface area contributed by atoms with Gasteiger partial charge in [-0.1, -0.05) is 122 Å². The summed E-state index contributed by atoms with van der Waals surface area (Å²) in [5.74, 6) is -0.288. The minimum absolute atomic E-state index is 0.288. The van der Waals surface area contributed by atoms with Crippen molar-refractivity contribution in [3.63, 3.8) is 0 Å². The molecule has 0 heterocycles. The second kappa shape index (κ2) is 20.3. The molecule has 26 heavy (non-hydrogen) atoms. The highest BCUT2D eigenvalue weighted by Crippen LogP contribution is 2.13. The fraction of sp³-hybridized carbons (Fsp3) is 0.792. The molecule has 0 atom stereocenters. The Morgan fingerprint density at radius 2 is 1.12 bits per heavy atom. The second-order valence-corrected chi connectivity index (χ2v) is 7.46. The summed E-state index contributed by atoms with van der Waals surface area (Å²) in [6.07, 6.45) is 25.1. The molecule has 0 aliphatic rings. The Bertz CT molecular complexity index is 357. The normalized spacial score (nSPS) is 11.2. The quantitative estimate of drug-likeness (QED) is 0.101. The highest BCUT2D eigenvalue weighted by molar-refractivity contribution is 5.90. The largest absolute Gasteiger partial charge is 0.462 e. The third-order valence-corrected chi connectivity index (χ3v) is 4.86. The first-order valence-electron chi connectivity index (χ1n) is 11.2.